The second kappa shape index (κ2) is 7.45. The molecule has 0 spiro atoms. The quantitative estimate of drug-likeness (QED) is 0.784. The summed E-state index contributed by atoms with van der Waals surface area (Å²) in [7, 11) is 0. The summed E-state index contributed by atoms with van der Waals surface area (Å²) in [6.45, 7) is 3.37. The molecule has 0 aliphatic heterocycles. The monoisotopic (exact) mass is 333 g/mol. The Morgan fingerprint density at radius 2 is 1.58 bits per heavy atom. The van der Waals surface area contributed by atoms with E-state index in [1.807, 2.05) is 0 Å². The average molecular weight is 333 g/mol. The number of benzene rings is 2. The molecular formula is C19H18F3NO. The van der Waals surface area contributed by atoms with Crippen molar-refractivity contribution in [3.63, 3.8) is 0 Å². The lowest BCUT2D eigenvalue weighted by molar-refractivity contribution is -0.0645. The Kier molecular flexibility index (Phi) is 5.57. The van der Waals surface area contributed by atoms with E-state index in [-0.39, 0.29) is 5.69 Å². The summed E-state index contributed by atoms with van der Waals surface area (Å²) in [6, 6.07) is 13.9. The molecule has 0 heterocycles. The van der Waals surface area contributed by atoms with Crippen LogP contribution in [0, 0.1) is 13.8 Å². The molecule has 5 heteroatoms. The van der Waals surface area contributed by atoms with Crippen LogP contribution in [0.1, 0.15) is 16.7 Å². The zero-order valence-electron chi connectivity index (χ0n) is 13.4. The van der Waals surface area contributed by atoms with Crippen molar-refractivity contribution in [3.8, 4) is 0 Å². The van der Waals surface area contributed by atoms with E-state index in [4.69, 9.17) is 0 Å². The maximum Gasteiger partial charge on any atom is 0.432 e. The fourth-order valence-corrected chi connectivity index (χ4v) is 2.26. The summed E-state index contributed by atoms with van der Waals surface area (Å²) in [5.74, 6) is 0. The zero-order chi connectivity index (χ0) is 17.7. The lowest BCUT2D eigenvalue weighted by atomic mass is 10.1. The van der Waals surface area contributed by atoms with Crippen molar-refractivity contribution in [2.75, 3.05) is 0 Å². The van der Waals surface area contributed by atoms with E-state index < -0.39 is 18.0 Å². The number of alkyl halides is 3. The first kappa shape index (κ1) is 17.9. The van der Waals surface area contributed by atoms with Gasteiger partial charge in [0, 0.05) is 0 Å². The van der Waals surface area contributed by atoms with Crippen LogP contribution in [0.3, 0.4) is 0 Å². The van der Waals surface area contributed by atoms with Gasteiger partial charge in [0.1, 0.15) is 6.10 Å². The molecule has 2 aromatic carbocycles. The number of halogens is 3. The van der Waals surface area contributed by atoms with Gasteiger partial charge in [0.2, 0.25) is 0 Å². The van der Waals surface area contributed by atoms with E-state index >= 15 is 0 Å². The third kappa shape index (κ3) is 4.55. The van der Waals surface area contributed by atoms with Gasteiger partial charge in [0.15, 0.2) is 5.71 Å². The zero-order valence-corrected chi connectivity index (χ0v) is 13.4. The van der Waals surface area contributed by atoms with Gasteiger partial charge in [-0.2, -0.15) is 13.2 Å². The lowest BCUT2D eigenvalue weighted by Crippen LogP contribution is -2.33. The summed E-state index contributed by atoms with van der Waals surface area (Å²) >= 11 is 0. The van der Waals surface area contributed by atoms with E-state index in [1.54, 1.807) is 62.4 Å². The first-order chi connectivity index (χ1) is 11.3. The number of aryl methyl sites for hydroxylation is 2. The summed E-state index contributed by atoms with van der Waals surface area (Å²) in [5, 5.41) is 10.0. The first-order valence-electron chi connectivity index (χ1n) is 7.42. The minimum atomic E-state index is -4.73. The molecule has 0 fully saturated rings. The molecule has 2 nitrogen and oxygen atoms in total. The molecule has 126 valence electrons. The Balaban J connectivity index is 2.39. The van der Waals surface area contributed by atoms with Crippen molar-refractivity contribution in [3.05, 3.63) is 71.3 Å². The molecule has 0 saturated carbocycles. The van der Waals surface area contributed by atoms with Gasteiger partial charge in [0.25, 0.3) is 0 Å². The van der Waals surface area contributed by atoms with Crippen LogP contribution < -0.4 is 0 Å². The summed E-state index contributed by atoms with van der Waals surface area (Å²) < 4.78 is 40.0. The van der Waals surface area contributed by atoms with Gasteiger partial charge in [-0.1, -0.05) is 54.6 Å². The number of nitrogens with zero attached hydrogens (tertiary/aromatic N) is 1. The fourth-order valence-electron chi connectivity index (χ4n) is 2.26. The molecule has 0 saturated heterocycles. The van der Waals surface area contributed by atoms with Crippen molar-refractivity contribution < 1.29 is 18.3 Å². The molecule has 1 N–H and O–H groups in total. The molecule has 0 aliphatic rings. The van der Waals surface area contributed by atoms with Crippen LogP contribution in [0.2, 0.25) is 0 Å². The Morgan fingerprint density at radius 3 is 2.12 bits per heavy atom. The number of para-hydroxylation sites is 1. The Labute approximate surface area is 139 Å². The topological polar surface area (TPSA) is 32.6 Å². The van der Waals surface area contributed by atoms with Crippen LogP contribution >= 0.6 is 0 Å². The minimum absolute atomic E-state index is 0.233. The number of aliphatic hydroxyl groups excluding tert-OH is 1. The lowest BCUT2D eigenvalue weighted by Gasteiger charge is -2.15. The summed E-state index contributed by atoms with van der Waals surface area (Å²) in [6.07, 6.45) is -4.04. The van der Waals surface area contributed by atoms with E-state index in [1.165, 1.54) is 6.08 Å². The van der Waals surface area contributed by atoms with E-state index in [0.717, 1.165) is 6.08 Å². The predicted molar refractivity (Wildman–Crippen MR) is 90.5 cm³/mol. The van der Waals surface area contributed by atoms with Crippen molar-refractivity contribution in [1.82, 2.24) is 0 Å². The molecule has 2 rings (SSSR count). The van der Waals surface area contributed by atoms with Crippen LogP contribution in [0.25, 0.3) is 6.08 Å². The normalized spacial score (nSPS) is 14.2. The molecule has 24 heavy (non-hydrogen) atoms. The van der Waals surface area contributed by atoms with Crippen LogP contribution in [0.4, 0.5) is 18.9 Å². The SMILES string of the molecule is Cc1cccc(C)c1N=C(C(O)/C=C/c1ccccc1)C(F)(F)F. The largest absolute Gasteiger partial charge is 0.432 e. The highest BCUT2D eigenvalue weighted by molar-refractivity contribution is 5.97. The minimum Gasteiger partial charge on any atom is -0.383 e. The summed E-state index contributed by atoms with van der Waals surface area (Å²) in [4.78, 5) is 3.73. The van der Waals surface area contributed by atoms with Gasteiger partial charge >= 0.3 is 6.18 Å². The highest BCUT2D eigenvalue weighted by Gasteiger charge is 2.39. The van der Waals surface area contributed by atoms with Crippen molar-refractivity contribution in [2.45, 2.75) is 26.1 Å². The number of hydrogen-bond acceptors (Lipinski definition) is 2. The van der Waals surface area contributed by atoms with Crippen LogP contribution in [0.15, 0.2) is 59.6 Å². The van der Waals surface area contributed by atoms with Crippen molar-refractivity contribution >= 4 is 17.5 Å². The molecular weight excluding hydrogens is 315 g/mol. The average Bonchev–Trinajstić information content (AvgIpc) is 2.52. The van der Waals surface area contributed by atoms with Gasteiger partial charge in [-0.15, -0.1) is 0 Å². The Hall–Kier alpha value is -2.40. The van der Waals surface area contributed by atoms with Gasteiger partial charge in [-0.3, -0.25) is 0 Å². The molecule has 1 atom stereocenters. The highest BCUT2D eigenvalue weighted by atomic mass is 19.4. The molecule has 0 radical (unpaired) electrons. The molecule has 0 bridgehead atoms. The molecule has 2 aromatic rings. The molecule has 1 unspecified atom stereocenters. The van der Waals surface area contributed by atoms with E-state index in [0.29, 0.717) is 16.7 Å². The highest BCUT2D eigenvalue weighted by Crippen LogP contribution is 2.28. The van der Waals surface area contributed by atoms with Gasteiger partial charge < -0.3 is 5.11 Å². The Bertz CT molecular complexity index is 729. The smallest absolute Gasteiger partial charge is 0.383 e. The number of rotatable bonds is 4. The van der Waals surface area contributed by atoms with Gasteiger partial charge in [0.05, 0.1) is 5.69 Å². The van der Waals surface area contributed by atoms with Gasteiger partial charge in [-0.25, -0.2) is 4.99 Å². The van der Waals surface area contributed by atoms with Crippen molar-refractivity contribution in [2.24, 2.45) is 4.99 Å². The maximum atomic E-state index is 13.3. The van der Waals surface area contributed by atoms with E-state index in [2.05, 4.69) is 4.99 Å². The third-order valence-electron chi connectivity index (χ3n) is 3.51. The second-order valence-electron chi connectivity index (χ2n) is 5.45. The molecule has 0 amide bonds. The number of hydrogen-bond donors (Lipinski definition) is 1. The van der Waals surface area contributed by atoms with Crippen LogP contribution in [-0.4, -0.2) is 23.1 Å². The number of aliphatic hydroxyl groups is 1. The first-order valence-corrected chi connectivity index (χ1v) is 7.42. The van der Waals surface area contributed by atoms with E-state index in [9.17, 15) is 18.3 Å². The van der Waals surface area contributed by atoms with Crippen molar-refractivity contribution in [1.29, 1.82) is 0 Å². The molecule has 0 aromatic heterocycles. The van der Waals surface area contributed by atoms with Gasteiger partial charge in [-0.05, 0) is 36.6 Å². The van der Waals surface area contributed by atoms with Crippen LogP contribution in [-0.2, 0) is 0 Å². The third-order valence-corrected chi connectivity index (χ3v) is 3.51. The Morgan fingerprint density at radius 1 is 1.00 bits per heavy atom. The second-order valence-corrected chi connectivity index (χ2v) is 5.45. The fraction of sp³-hybridized carbons (Fsp3) is 0.211. The predicted octanol–water partition coefficient (Wildman–Crippen LogP) is 5.01. The maximum absolute atomic E-state index is 13.3. The summed E-state index contributed by atoms with van der Waals surface area (Å²) in [5.41, 5.74) is 0.946. The standard InChI is InChI=1S/C19H18F3NO/c1-13-7-6-8-14(2)17(13)23-18(19(20,21)22)16(24)12-11-15-9-4-3-5-10-15/h3-12,16,24H,1-2H3/b12-11+,23-18?. The van der Waals surface area contributed by atoms with Crippen LogP contribution in [0.5, 0.6) is 0 Å². The molecule has 0 aliphatic carbocycles. The number of aliphatic imine (C=N–C) groups is 1.